The van der Waals surface area contributed by atoms with Gasteiger partial charge >= 0.3 is 0 Å². The van der Waals surface area contributed by atoms with Gasteiger partial charge in [0.2, 0.25) is 23.8 Å². The topological polar surface area (TPSA) is 118 Å². The highest BCUT2D eigenvalue weighted by atomic mass is 32.2. The SMILES string of the molecule is O=C(CCCCCCC(=O)NC1OC(CSC2NC(c3ccccc3)=C(c3ccccc3)O2)CC(c2ccccc2)O1)NO. The molecule has 1 fully saturated rings. The van der Waals surface area contributed by atoms with Crippen LogP contribution in [0.3, 0.4) is 0 Å². The fourth-order valence-corrected chi connectivity index (χ4v) is 6.19. The summed E-state index contributed by atoms with van der Waals surface area (Å²) in [4.78, 5) is 23.9. The molecule has 4 atom stereocenters. The first-order valence-corrected chi connectivity index (χ1v) is 16.1. The second-order valence-electron chi connectivity index (χ2n) is 10.7. The Hall–Kier alpha value is -3.83. The lowest BCUT2D eigenvalue weighted by atomic mass is 10.0. The molecular weight excluding hydrogens is 578 g/mol. The molecule has 10 heteroatoms. The van der Waals surface area contributed by atoms with Crippen molar-refractivity contribution >= 4 is 35.0 Å². The summed E-state index contributed by atoms with van der Waals surface area (Å²) < 4.78 is 18.9. The van der Waals surface area contributed by atoms with Crippen molar-refractivity contribution in [3.63, 3.8) is 0 Å². The quantitative estimate of drug-likeness (QED) is 0.0998. The molecule has 4 N–H and O–H groups in total. The first-order valence-electron chi connectivity index (χ1n) is 15.1. The largest absolute Gasteiger partial charge is 0.459 e. The summed E-state index contributed by atoms with van der Waals surface area (Å²) in [5.41, 5.74) is 5.37. The van der Waals surface area contributed by atoms with Crippen LogP contribution in [0.5, 0.6) is 0 Å². The maximum Gasteiger partial charge on any atom is 0.243 e. The fourth-order valence-electron chi connectivity index (χ4n) is 5.22. The van der Waals surface area contributed by atoms with Gasteiger partial charge in [-0.1, -0.05) is 116 Å². The van der Waals surface area contributed by atoms with Crippen LogP contribution in [-0.4, -0.2) is 40.9 Å². The van der Waals surface area contributed by atoms with Crippen molar-refractivity contribution in [2.24, 2.45) is 0 Å². The van der Waals surface area contributed by atoms with Crippen molar-refractivity contribution in [1.29, 1.82) is 0 Å². The minimum absolute atomic E-state index is 0.145. The second-order valence-corrected chi connectivity index (χ2v) is 11.8. The van der Waals surface area contributed by atoms with Gasteiger partial charge in [0, 0.05) is 36.1 Å². The van der Waals surface area contributed by atoms with Crippen LogP contribution in [0.2, 0.25) is 0 Å². The normalized spacial score (nSPS) is 21.3. The van der Waals surface area contributed by atoms with E-state index in [0.717, 1.165) is 41.0 Å². The molecular formula is C34H39N3O6S. The zero-order chi connectivity index (χ0) is 30.6. The minimum Gasteiger partial charge on any atom is -0.459 e. The Balaban J connectivity index is 1.17. The highest BCUT2D eigenvalue weighted by molar-refractivity contribution is 7.99. The average Bonchev–Trinajstić information content (AvgIpc) is 3.51. The molecule has 3 aromatic carbocycles. The molecule has 5 rings (SSSR count). The highest BCUT2D eigenvalue weighted by Crippen LogP contribution is 2.37. The molecule has 4 unspecified atom stereocenters. The Kier molecular flexibility index (Phi) is 11.7. The molecule has 0 aromatic heterocycles. The molecule has 0 aliphatic carbocycles. The van der Waals surface area contributed by atoms with Gasteiger partial charge in [0.1, 0.15) is 0 Å². The third-order valence-electron chi connectivity index (χ3n) is 7.46. The number of unbranched alkanes of at least 4 members (excludes halogenated alkanes) is 3. The maximum absolute atomic E-state index is 12.7. The zero-order valence-electron chi connectivity index (χ0n) is 24.5. The minimum atomic E-state index is -0.865. The van der Waals surface area contributed by atoms with Gasteiger partial charge in [-0.05, 0) is 18.4 Å². The van der Waals surface area contributed by atoms with Crippen LogP contribution in [0.25, 0.3) is 11.5 Å². The van der Waals surface area contributed by atoms with E-state index in [-0.39, 0.29) is 30.1 Å². The van der Waals surface area contributed by atoms with E-state index >= 15 is 0 Å². The summed E-state index contributed by atoms with van der Waals surface area (Å²) in [7, 11) is 0. The molecule has 2 aliphatic heterocycles. The van der Waals surface area contributed by atoms with Gasteiger partial charge in [-0.25, -0.2) is 5.48 Å². The lowest BCUT2D eigenvalue weighted by molar-refractivity contribution is -0.251. The Bertz CT molecular complexity index is 1320. The third-order valence-corrected chi connectivity index (χ3v) is 8.54. The molecule has 0 radical (unpaired) electrons. The van der Waals surface area contributed by atoms with E-state index in [4.69, 9.17) is 19.4 Å². The molecule has 232 valence electrons. The van der Waals surface area contributed by atoms with Gasteiger partial charge in [-0.15, -0.1) is 0 Å². The second kappa shape index (κ2) is 16.3. The van der Waals surface area contributed by atoms with Gasteiger partial charge < -0.3 is 24.8 Å². The van der Waals surface area contributed by atoms with Crippen LogP contribution in [0.4, 0.5) is 0 Å². The van der Waals surface area contributed by atoms with Gasteiger partial charge in [-0.2, -0.15) is 0 Å². The van der Waals surface area contributed by atoms with E-state index in [2.05, 4.69) is 22.8 Å². The van der Waals surface area contributed by atoms with Crippen molar-refractivity contribution in [1.82, 2.24) is 16.1 Å². The first kappa shape index (κ1) is 31.6. The summed E-state index contributed by atoms with van der Waals surface area (Å²) in [5.74, 6) is 0.900. The molecule has 3 aromatic rings. The Labute approximate surface area is 262 Å². The van der Waals surface area contributed by atoms with E-state index in [9.17, 15) is 9.59 Å². The third kappa shape index (κ3) is 9.09. The number of nitrogens with one attached hydrogen (secondary N) is 3. The summed E-state index contributed by atoms with van der Waals surface area (Å²) in [5, 5.41) is 15.0. The molecule has 0 saturated carbocycles. The Morgan fingerprint density at radius 3 is 2.07 bits per heavy atom. The van der Waals surface area contributed by atoms with Gasteiger partial charge in [0.05, 0.1) is 17.9 Å². The number of hydroxylamine groups is 1. The molecule has 2 aliphatic rings. The van der Waals surface area contributed by atoms with Crippen molar-refractivity contribution in [2.45, 2.75) is 69.1 Å². The van der Waals surface area contributed by atoms with E-state index in [1.54, 1.807) is 17.2 Å². The summed E-state index contributed by atoms with van der Waals surface area (Å²) >= 11 is 1.62. The van der Waals surface area contributed by atoms with Crippen LogP contribution in [-0.2, 0) is 23.8 Å². The van der Waals surface area contributed by atoms with Crippen molar-refractivity contribution in [3.8, 4) is 0 Å². The standard InChI is InChI=1S/C34H39N3O6S/c38-29(20-12-1-2-13-21-30(39)37-40)35-33-41-27(22-28(42-33)24-14-6-3-7-15-24)23-44-34-36-31(25-16-8-4-9-17-25)32(43-34)26-18-10-5-11-19-26/h3-11,14-19,27-28,33-34,36,40H,1-2,12-13,20-23H2,(H,35,38)(H,37,39). The van der Waals surface area contributed by atoms with Gasteiger partial charge in [-0.3, -0.25) is 14.8 Å². The van der Waals surface area contributed by atoms with E-state index < -0.39 is 12.3 Å². The Morgan fingerprint density at radius 2 is 1.41 bits per heavy atom. The van der Waals surface area contributed by atoms with Crippen LogP contribution in [0, 0.1) is 0 Å². The van der Waals surface area contributed by atoms with E-state index in [1.165, 1.54) is 0 Å². The average molecular weight is 618 g/mol. The van der Waals surface area contributed by atoms with E-state index in [0.29, 0.717) is 31.4 Å². The van der Waals surface area contributed by atoms with Crippen LogP contribution in [0.15, 0.2) is 91.0 Å². The zero-order valence-corrected chi connectivity index (χ0v) is 25.3. The predicted molar refractivity (Wildman–Crippen MR) is 169 cm³/mol. The first-order chi connectivity index (χ1) is 21.6. The molecule has 9 nitrogen and oxygen atoms in total. The van der Waals surface area contributed by atoms with Crippen LogP contribution in [0.1, 0.15) is 67.7 Å². The fraction of sp³-hybridized carbons (Fsp3) is 0.353. The summed E-state index contributed by atoms with van der Waals surface area (Å²) in [6.07, 6.45) is 2.92. The molecule has 0 bridgehead atoms. The molecule has 1 saturated heterocycles. The summed E-state index contributed by atoms with van der Waals surface area (Å²) in [6.45, 7) is 0. The monoisotopic (exact) mass is 617 g/mol. The van der Waals surface area contributed by atoms with Gasteiger partial charge in [0.15, 0.2) is 5.76 Å². The number of thioether (sulfide) groups is 1. The van der Waals surface area contributed by atoms with Gasteiger partial charge in [0.25, 0.3) is 0 Å². The summed E-state index contributed by atoms with van der Waals surface area (Å²) in [6, 6.07) is 30.2. The number of hydrogen-bond acceptors (Lipinski definition) is 8. The molecule has 44 heavy (non-hydrogen) atoms. The van der Waals surface area contributed by atoms with Crippen molar-refractivity contribution < 1.29 is 29.0 Å². The maximum atomic E-state index is 12.7. The number of carbonyl (C=O) groups excluding carboxylic acids is 2. The lowest BCUT2D eigenvalue weighted by Crippen LogP contribution is -2.46. The number of hydrogen-bond donors (Lipinski definition) is 4. The molecule has 0 spiro atoms. The smallest absolute Gasteiger partial charge is 0.243 e. The lowest BCUT2D eigenvalue weighted by Gasteiger charge is -2.36. The van der Waals surface area contributed by atoms with Crippen molar-refractivity contribution in [3.05, 3.63) is 108 Å². The number of benzene rings is 3. The molecule has 2 heterocycles. The van der Waals surface area contributed by atoms with Crippen molar-refractivity contribution in [2.75, 3.05) is 5.75 Å². The number of ether oxygens (including phenoxy) is 3. The number of carbonyl (C=O) groups is 2. The number of rotatable bonds is 14. The highest BCUT2D eigenvalue weighted by Gasteiger charge is 2.34. The predicted octanol–water partition coefficient (Wildman–Crippen LogP) is 5.94. The number of amides is 2. The van der Waals surface area contributed by atoms with E-state index in [1.807, 2.05) is 78.9 Å². The van der Waals surface area contributed by atoms with Crippen LogP contribution >= 0.6 is 11.8 Å². The Morgan fingerprint density at radius 1 is 0.795 bits per heavy atom. The molecule has 2 amide bonds. The van der Waals surface area contributed by atoms with Crippen LogP contribution < -0.4 is 16.1 Å².